The molecule has 0 aliphatic heterocycles. The fourth-order valence-corrected chi connectivity index (χ4v) is 3.19. The average molecular weight is 414 g/mol. The van der Waals surface area contributed by atoms with Crippen molar-refractivity contribution in [2.75, 3.05) is 6.61 Å². The zero-order valence-electron chi connectivity index (χ0n) is 16.1. The molecule has 3 rings (SSSR count). The van der Waals surface area contributed by atoms with Gasteiger partial charge in [-0.25, -0.2) is 4.57 Å². The molecular formula is C21H20ClN3O4. The van der Waals surface area contributed by atoms with E-state index >= 15 is 0 Å². The second-order valence-corrected chi connectivity index (χ2v) is 6.94. The molecule has 29 heavy (non-hydrogen) atoms. The summed E-state index contributed by atoms with van der Waals surface area (Å²) < 4.78 is 6.78. The molecule has 0 saturated carbocycles. The minimum atomic E-state index is -0.444. The van der Waals surface area contributed by atoms with E-state index in [1.165, 1.54) is 6.92 Å². The number of halogens is 1. The highest BCUT2D eigenvalue weighted by molar-refractivity contribution is 6.30. The molecule has 0 atom stereocenters. The number of fused-ring (bicyclic) bond motifs is 1. The number of hydrogen-bond acceptors (Lipinski definition) is 5. The zero-order valence-corrected chi connectivity index (χ0v) is 16.8. The number of carbonyl (C=O) groups excluding carboxylic acids is 2. The molecule has 7 nitrogen and oxygen atoms in total. The van der Waals surface area contributed by atoms with E-state index in [0.29, 0.717) is 34.7 Å². The highest BCUT2D eigenvalue weighted by atomic mass is 35.5. The summed E-state index contributed by atoms with van der Waals surface area (Å²) in [5.74, 6) is -0.427. The van der Waals surface area contributed by atoms with E-state index in [0.717, 1.165) is 10.1 Å². The standard InChI is InChI=1S/C21H20ClN3O4/c1-13-12-15(22)9-10-18(13)29-11-5-8-19(27)23-24-20-16-6-3-4-7-17(16)25(14(2)26)21(20)28/h3-4,6-7,9-10,12,28H,5,8,11H2,1-2H3. The molecule has 0 aliphatic carbocycles. The summed E-state index contributed by atoms with van der Waals surface area (Å²) in [6, 6.07) is 12.2. The van der Waals surface area contributed by atoms with Gasteiger partial charge < -0.3 is 9.84 Å². The third-order valence-electron chi connectivity index (χ3n) is 4.33. The van der Waals surface area contributed by atoms with Crippen LogP contribution in [0.3, 0.4) is 0 Å². The quantitative estimate of drug-likeness (QED) is 0.430. The van der Waals surface area contributed by atoms with Crippen LogP contribution in [0.2, 0.25) is 5.02 Å². The van der Waals surface area contributed by atoms with E-state index in [-0.39, 0.29) is 23.9 Å². The van der Waals surface area contributed by atoms with E-state index in [2.05, 4.69) is 10.2 Å². The number of benzene rings is 2. The number of aromatic nitrogens is 1. The maximum absolute atomic E-state index is 12.0. The lowest BCUT2D eigenvalue weighted by Gasteiger charge is -2.08. The number of hydrogen-bond donors (Lipinski definition) is 1. The van der Waals surface area contributed by atoms with Crippen LogP contribution in [0.4, 0.5) is 5.69 Å². The first-order chi connectivity index (χ1) is 13.9. The lowest BCUT2D eigenvalue weighted by molar-refractivity contribution is -0.118. The Balaban J connectivity index is 1.62. The highest BCUT2D eigenvalue weighted by Gasteiger charge is 2.19. The Morgan fingerprint density at radius 3 is 2.69 bits per heavy atom. The molecule has 3 aromatic rings. The van der Waals surface area contributed by atoms with Crippen LogP contribution in [0.5, 0.6) is 11.6 Å². The van der Waals surface area contributed by atoms with Gasteiger partial charge in [0.15, 0.2) is 5.69 Å². The summed E-state index contributed by atoms with van der Waals surface area (Å²) in [6.45, 7) is 3.57. The zero-order chi connectivity index (χ0) is 21.0. The van der Waals surface area contributed by atoms with Crippen LogP contribution >= 0.6 is 11.6 Å². The van der Waals surface area contributed by atoms with Gasteiger partial charge in [0.1, 0.15) is 5.75 Å². The Morgan fingerprint density at radius 2 is 1.97 bits per heavy atom. The predicted molar refractivity (Wildman–Crippen MR) is 110 cm³/mol. The fourth-order valence-electron chi connectivity index (χ4n) is 2.96. The van der Waals surface area contributed by atoms with Crippen molar-refractivity contribution in [3.63, 3.8) is 0 Å². The summed E-state index contributed by atoms with van der Waals surface area (Å²) in [7, 11) is 0. The number of aryl methyl sites for hydroxylation is 1. The first kappa shape index (κ1) is 20.5. The minimum Gasteiger partial charge on any atom is -0.493 e. The van der Waals surface area contributed by atoms with Crippen molar-refractivity contribution in [3.05, 3.63) is 53.1 Å². The van der Waals surface area contributed by atoms with E-state index in [1.807, 2.05) is 6.92 Å². The topological polar surface area (TPSA) is 93.3 Å². The molecular weight excluding hydrogens is 394 g/mol. The van der Waals surface area contributed by atoms with E-state index in [4.69, 9.17) is 16.3 Å². The molecule has 0 aliphatic rings. The number of amides is 1. The Labute approximate surface area is 172 Å². The van der Waals surface area contributed by atoms with Gasteiger partial charge in [0, 0.05) is 23.8 Å². The van der Waals surface area contributed by atoms with Crippen molar-refractivity contribution in [1.82, 2.24) is 4.57 Å². The van der Waals surface area contributed by atoms with Crippen molar-refractivity contribution in [2.45, 2.75) is 26.7 Å². The first-order valence-corrected chi connectivity index (χ1v) is 9.43. The van der Waals surface area contributed by atoms with Gasteiger partial charge in [0.25, 0.3) is 5.91 Å². The van der Waals surface area contributed by atoms with Crippen molar-refractivity contribution in [1.29, 1.82) is 0 Å². The molecule has 1 heterocycles. The Morgan fingerprint density at radius 1 is 1.21 bits per heavy atom. The summed E-state index contributed by atoms with van der Waals surface area (Å²) in [5.41, 5.74) is 1.52. The molecule has 0 unspecified atom stereocenters. The summed E-state index contributed by atoms with van der Waals surface area (Å²) in [4.78, 5) is 23.8. The molecule has 1 amide bonds. The SMILES string of the molecule is CC(=O)n1c(O)c(N=NC(=O)CCCOc2ccc(Cl)cc2C)c2ccccc21. The molecule has 2 aromatic carbocycles. The lowest BCUT2D eigenvalue weighted by atomic mass is 10.2. The number of para-hydroxylation sites is 1. The van der Waals surface area contributed by atoms with E-state index in [1.54, 1.807) is 42.5 Å². The Bertz CT molecular complexity index is 1100. The number of azo groups is 1. The monoisotopic (exact) mass is 413 g/mol. The molecule has 0 radical (unpaired) electrons. The summed E-state index contributed by atoms with van der Waals surface area (Å²) in [5, 5.41) is 19.1. The van der Waals surface area contributed by atoms with Crippen LogP contribution < -0.4 is 4.74 Å². The predicted octanol–water partition coefficient (Wildman–Crippen LogP) is 5.44. The molecule has 0 saturated heterocycles. The molecule has 0 bridgehead atoms. The largest absolute Gasteiger partial charge is 0.493 e. The van der Waals surface area contributed by atoms with Crippen LogP contribution in [0, 0.1) is 6.92 Å². The smallest absolute Gasteiger partial charge is 0.264 e. The average Bonchev–Trinajstić information content (AvgIpc) is 2.96. The minimum absolute atomic E-state index is 0.0946. The number of ether oxygens (including phenoxy) is 1. The van der Waals surface area contributed by atoms with E-state index in [9.17, 15) is 14.7 Å². The van der Waals surface area contributed by atoms with E-state index < -0.39 is 5.91 Å². The summed E-state index contributed by atoms with van der Waals surface area (Å²) in [6.07, 6.45) is 0.601. The highest BCUT2D eigenvalue weighted by Crippen LogP contribution is 2.38. The van der Waals surface area contributed by atoms with Gasteiger partial charge in [-0.05, 0) is 43.2 Å². The summed E-state index contributed by atoms with van der Waals surface area (Å²) >= 11 is 5.91. The third kappa shape index (κ3) is 4.63. The van der Waals surface area contributed by atoms with Crippen molar-refractivity contribution < 1.29 is 19.4 Å². The van der Waals surface area contributed by atoms with Gasteiger partial charge in [-0.2, -0.15) is 0 Å². The van der Waals surface area contributed by atoms with Gasteiger partial charge in [-0.15, -0.1) is 10.2 Å². The van der Waals surface area contributed by atoms with Crippen LogP contribution in [0.25, 0.3) is 10.9 Å². The molecule has 0 spiro atoms. The van der Waals surface area contributed by atoms with Gasteiger partial charge >= 0.3 is 0 Å². The third-order valence-corrected chi connectivity index (χ3v) is 4.56. The van der Waals surface area contributed by atoms with Crippen LogP contribution in [0.15, 0.2) is 52.7 Å². The second kappa shape index (κ2) is 8.87. The maximum Gasteiger partial charge on any atom is 0.264 e. The fraction of sp³-hybridized carbons (Fsp3) is 0.238. The van der Waals surface area contributed by atoms with Gasteiger partial charge in [-0.3, -0.25) is 9.59 Å². The number of aromatic hydroxyl groups is 1. The molecule has 8 heteroatoms. The lowest BCUT2D eigenvalue weighted by Crippen LogP contribution is -2.03. The first-order valence-electron chi connectivity index (χ1n) is 9.05. The Hall–Kier alpha value is -3.19. The van der Waals surface area contributed by atoms with Gasteiger partial charge in [0.2, 0.25) is 11.8 Å². The Kier molecular flexibility index (Phi) is 6.29. The van der Waals surface area contributed by atoms with Crippen molar-refractivity contribution in [3.8, 4) is 11.6 Å². The number of rotatable bonds is 6. The van der Waals surface area contributed by atoms with Gasteiger partial charge in [-0.1, -0.05) is 29.8 Å². The molecule has 1 aromatic heterocycles. The maximum atomic E-state index is 12.0. The second-order valence-electron chi connectivity index (χ2n) is 6.50. The number of nitrogens with zero attached hydrogens (tertiary/aromatic N) is 3. The van der Waals surface area contributed by atoms with Crippen molar-refractivity contribution >= 4 is 40.0 Å². The van der Waals surface area contributed by atoms with Crippen LogP contribution in [0.1, 0.15) is 30.1 Å². The molecule has 0 fully saturated rings. The van der Waals surface area contributed by atoms with Crippen LogP contribution in [-0.4, -0.2) is 28.1 Å². The normalized spacial score (nSPS) is 11.3. The van der Waals surface area contributed by atoms with Gasteiger partial charge in [0.05, 0.1) is 12.1 Å². The van der Waals surface area contributed by atoms with Crippen LogP contribution in [-0.2, 0) is 4.79 Å². The van der Waals surface area contributed by atoms with Crippen molar-refractivity contribution in [2.24, 2.45) is 10.2 Å². The molecule has 1 N–H and O–H groups in total. The molecule has 150 valence electrons. The number of carbonyl (C=O) groups is 2.